The molecule has 1 atom stereocenters. The molecule has 1 aromatic heterocycles. The molecule has 7 nitrogen and oxygen atoms in total. The maximum Gasteiger partial charge on any atom is 0.355 e. The number of nitrogens with zero attached hydrogens (tertiary/aromatic N) is 1. The SMILES string of the molecule is CCOC(=O)c1[nH]c2c(/C(C)=N/[S@+]([O-])C(C)(C)C)cccc2c1-c1ccc(CS(C)(=O)=O)c(F)c1. The molecule has 0 unspecified atom stereocenters. The number of rotatable bonds is 7. The predicted molar refractivity (Wildman–Crippen MR) is 138 cm³/mol. The summed E-state index contributed by atoms with van der Waals surface area (Å²) < 4.78 is 59.8. The van der Waals surface area contributed by atoms with Crippen LogP contribution >= 0.6 is 0 Å². The molecule has 1 heterocycles. The van der Waals surface area contributed by atoms with Crippen molar-refractivity contribution in [3.63, 3.8) is 0 Å². The van der Waals surface area contributed by atoms with E-state index in [1.54, 1.807) is 38.1 Å². The number of para-hydroxylation sites is 1. The molecule has 0 saturated carbocycles. The number of fused-ring (bicyclic) bond motifs is 1. The third-order valence-electron chi connectivity index (χ3n) is 5.21. The van der Waals surface area contributed by atoms with Crippen molar-refractivity contribution in [2.24, 2.45) is 4.40 Å². The van der Waals surface area contributed by atoms with Gasteiger partial charge in [-0.2, -0.15) is 0 Å². The van der Waals surface area contributed by atoms with Crippen LogP contribution in [0.1, 0.15) is 56.2 Å². The Hall–Kier alpha value is -2.69. The summed E-state index contributed by atoms with van der Waals surface area (Å²) in [7, 11) is -3.42. The lowest BCUT2D eigenvalue weighted by atomic mass is 9.98. The molecule has 1 N–H and O–H groups in total. The van der Waals surface area contributed by atoms with E-state index in [1.807, 2.05) is 20.8 Å². The number of carbonyl (C=O) groups excluding carboxylic acids is 1. The Balaban J connectivity index is 2.24. The van der Waals surface area contributed by atoms with Crippen LogP contribution in [0.5, 0.6) is 0 Å². The Morgan fingerprint density at radius 1 is 1.23 bits per heavy atom. The molecule has 35 heavy (non-hydrogen) atoms. The number of aromatic nitrogens is 1. The van der Waals surface area contributed by atoms with Crippen molar-refractivity contribution in [1.29, 1.82) is 0 Å². The minimum Gasteiger partial charge on any atom is -0.591 e. The molecule has 0 amide bonds. The van der Waals surface area contributed by atoms with Gasteiger partial charge in [-0.3, -0.25) is 0 Å². The van der Waals surface area contributed by atoms with Crippen molar-refractivity contribution in [1.82, 2.24) is 4.98 Å². The summed E-state index contributed by atoms with van der Waals surface area (Å²) in [5, 5.41) is 0.622. The molecule has 0 radical (unpaired) electrons. The highest BCUT2D eigenvalue weighted by molar-refractivity contribution is 7.91. The summed E-state index contributed by atoms with van der Waals surface area (Å²) in [6.07, 6.45) is 1.04. The first-order chi connectivity index (χ1) is 16.2. The standard InChI is InChI=1S/C25H29FN2O5S2/c1-7-33-24(29)23-21(16-11-12-17(20(26)13-16)14-35(6,31)32)19-10-8-9-18(22(19)27-23)15(2)28-34(30)25(3,4)5/h8-13,27H,7,14H2,1-6H3/b28-15+/t34-/m1/s1. The first-order valence-corrected chi connectivity index (χ1v) is 14.2. The highest BCUT2D eigenvalue weighted by atomic mass is 32.2. The zero-order chi connectivity index (χ0) is 26.1. The van der Waals surface area contributed by atoms with Gasteiger partial charge in [0, 0.05) is 28.3 Å². The van der Waals surface area contributed by atoms with Gasteiger partial charge in [0.05, 0.1) is 23.6 Å². The summed E-state index contributed by atoms with van der Waals surface area (Å²) in [6, 6.07) is 9.56. The van der Waals surface area contributed by atoms with Gasteiger partial charge < -0.3 is 14.3 Å². The van der Waals surface area contributed by atoms with Gasteiger partial charge in [-0.15, -0.1) is 0 Å². The molecule has 0 fully saturated rings. The Labute approximate surface area is 208 Å². The number of halogens is 1. The van der Waals surface area contributed by atoms with Crippen molar-refractivity contribution < 1.29 is 26.9 Å². The lowest BCUT2D eigenvalue weighted by molar-refractivity contribution is 0.0521. The second kappa shape index (κ2) is 10.1. The second-order valence-corrected chi connectivity index (χ2v) is 13.3. The van der Waals surface area contributed by atoms with Gasteiger partial charge in [-0.1, -0.05) is 34.7 Å². The molecular weight excluding hydrogens is 491 g/mol. The number of aromatic amines is 1. The number of ether oxygens (including phenoxy) is 1. The second-order valence-electron chi connectivity index (χ2n) is 9.24. The number of H-pyrrole nitrogens is 1. The molecule has 3 aromatic rings. The van der Waals surface area contributed by atoms with Gasteiger partial charge >= 0.3 is 5.97 Å². The van der Waals surface area contributed by atoms with E-state index >= 15 is 0 Å². The van der Waals surface area contributed by atoms with Crippen LogP contribution in [-0.2, 0) is 31.7 Å². The zero-order valence-electron chi connectivity index (χ0n) is 20.6. The van der Waals surface area contributed by atoms with Gasteiger partial charge in [0.2, 0.25) is 0 Å². The van der Waals surface area contributed by atoms with Crippen molar-refractivity contribution in [2.45, 2.75) is 45.1 Å². The molecule has 0 aliphatic heterocycles. The molecule has 0 bridgehead atoms. The normalized spacial score (nSPS) is 13.8. The molecule has 2 aromatic carbocycles. The summed E-state index contributed by atoms with van der Waals surface area (Å²) in [4.78, 5) is 15.9. The fraction of sp³-hybridized carbons (Fsp3) is 0.360. The molecule has 0 aliphatic rings. The topological polar surface area (TPSA) is 112 Å². The van der Waals surface area contributed by atoms with Crippen molar-refractivity contribution in [2.75, 3.05) is 12.9 Å². The van der Waals surface area contributed by atoms with Gasteiger partial charge in [-0.05, 0) is 46.2 Å². The molecule has 0 aliphatic carbocycles. The zero-order valence-corrected chi connectivity index (χ0v) is 22.2. The van der Waals surface area contributed by atoms with Crippen molar-refractivity contribution in [3.05, 3.63) is 59.0 Å². The Morgan fingerprint density at radius 3 is 2.49 bits per heavy atom. The molecule has 10 heteroatoms. The van der Waals surface area contributed by atoms with Crippen LogP contribution in [0.3, 0.4) is 0 Å². The summed E-state index contributed by atoms with van der Waals surface area (Å²) >= 11 is -1.49. The van der Waals surface area contributed by atoms with E-state index in [1.165, 1.54) is 12.1 Å². The van der Waals surface area contributed by atoms with Crippen LogP contribution in [0, 0.1) is 5.82 Å². The lowest BCUT2D eigenvalue weighted by Crippen LogP contribution is -2.26. The molecule has 188 valence electrons. The van der Waals surface area contributed by atoms with Crippen LogP contribution in [0.4, 0.5) is 4.39 Å². The Kier molecular flexibility index (Phi) is 7.78. The molecule has 0 saturated heterocycles. The number of sulfone groups is 1. The molecular formula is C25H29FN2O5S2. The highest BCUT2D eigenvalue weighted by Gasteiger charge is 2.28. The van der Waals surface area contributed by atoms with E-state index in [9.17, 15) is 22.2 Å². The summed E-state index contributed by atoms with van der Waals surface area (Å²) in [6.45, 7) is 9.05. The lowest BCUT2D eigenvalue weighted by Gasteiger charge is -2.18. The van der Waals surface area contributed by atoms with E-state index < -0.39 is 43.5 Å². The van der Waals surface area contributed by atoms with Crippen molar-refractivity contribution >= 4 is 43.8 Å². The Morgan fingerprint density at radius 2 is 1.91 bits per heavy atom. The number of benzene rings is 2. The van der Waals surface area contributed by atoms with Gasteiger partial charge in [0.15, 0.2) is 9.84 Å². The van der Waals surface area contributed by atoms with Crippen LogP contribution < -0.4 is 0 Å². The van der Waals surface area contributed by atoms with Gasteiger partial charge in [-0.25, -0.2) is 17.6 Å². The van der Waals surface area contributed by atoms with E-state index in [4.69, 9.17) is 4.74 Å². The number of esters is 1. The largest absolute Gasteiger partial charge is 0.591 e. The summed E-state index contributed by atoms with van der Waals surface area (Å²) in [5.74, 6) is -1.73. The third kappa shape index (κ3) is 6.12. The quantitative estimate of drug-likeness (QED) is 0.269. The van der Waals surface area contributed by atoms with Crippen molar-refractivity contribution in [3.8, 4) is 11.1 Å². The number of hydrogen-bond acceptors (Lipinski definition) is 6. The molecule has 0 spiro atoms. The average Bonchev–Trinajstić information content (AvgIpc) is 3.13. The van der Waals surface area contributed by atoms with Crippen LogP contribution in [-0.4, -0.2) is 47.2 Å². The van der Waals surface area contributed by atoms with Gasteiger partial charge in [0.25, 0.3) is 0 Å². The van der Waals surface area contributed by atoms with Crippen LogP contribution in [0.15, 0.2) is 40.8 Å². The van der Waals surface area contributed by atoms with E-state index in [0.29, 0.717) is 33.3 Å². The fourth-order valence-corrected chi connectivity index (χ4v) is 5.01. The smallest absolute Gasteiger partial charge is 0.355 e. The van der Waals surface area contributed by atoms with Gasteiger partial charge in [0.1, 0.15) is 27.6 Å². The minimum absolute atomic E-state index is 0.0436. The number of nitrogens with one attached hydrogen (secondary N) is 1. The Bertz CT molecular complexity index is 1410. The predicted octanol–water partition coefficient (Wildman–Crippen LogP) is 4.97. The third-order valence-corrected chi connectivity index (χ3v) is 7.53. The highest BCUT2D eigenvalue weighted by Crippen LogP contribution is 2.36. The fourth-order valence-electron chi connectivity index (χ4n) is 3.59. The average molecular weight is 521 g/mol. The first kappa shape index (κ1) is 26.9. The maximum absolute atomic E-state index is 14.9. The summed E-state index contributed by atoms with van der Waals surface area (Å²) in [5.41, 5.74) is 2.72. The first-order valence-electron chi connectivity index (χ1n) is 11.0. The minimum atomic E-state index is -3.42. The number of hydrogen-bond donors (Lipinski definition) is 1. The van der Waals surface area contributed by atoms with E-state index in [-0.39, 0.29) is 17.9 Å². The van der Waals surface area contributed by atoms with Crippen LogP contribution in [0.25, 0.3) is 22.0 Å². The number of carbonyl (C=O) groups is 1. The monoisotopic (exact) mass is 520 g/mol. The van der Waals surface area contributed by atoms with E-state index in [0.717, 1.165) is 6.26 Å². The molecule has 3 rings (SSSR count). The van der Waals surface area contributed by atoms with E-state index in [2.05, 4.69) is 9.38 Å². The maximum atomic E-state index is 14.9. The van der Waals surface area contributed by atoms with Crippen LogP contribution in [0.2, 0.25) is 0 Å².